The first-order valence-corrected chi connectivity index (χ1v) is 13.7. The van der Waals surface area contributed by atoms with Gasteiger partial charge < -0.3 is 4.98 Å². The van der Waals surface area contributed by atoms with E-state index in [2.05, 4.69) is 35.3 Å². The molecule has 5 rings (SSSR count). The number of rotatable bonds is 9. The Labute approximate surface area is 224 Å². The molecule has 0 amide bonds. The van der Waals surface area contributed by atoms with Crippen LogP contribution in [0, 0.1) is 0 Å². The number of unbranched alkanes of at least 4 members (excludes halogenated alkanes) is 1. The van der Waals surface area contributed by atoms with Crippen molar-refractivity contribution in [2.75, 3.05) is 0 Å². The van der Waals surface area contributed by atoms with E-state index >= 15 is 0 Å². The van der Waals surface area contributed by atoms with Gasteiger partial charge in [-0.1, -0.05) is 85.8 Å². The summed E-state index contributed by atoms with van der Waals surface area (Å²) in [5.74, 6) is -0.00213. The van der Waals surface area contributed by atoms with Crippen molar-refractivity contribution in [2.45, 2.75) is 58.8 Å². The molecule has 4 nitrogen and oxygen atoms in total. The Morgan fingerprint density at radius 3 is 2.32 bits per heavy atom. The van der Waals surface area contributed by atoms with Crippen LogP contribution in [-0.2, 0) is 19.3 Å². The van der Waals surface area contributed by atoms with Gasteiger partial charge in [0.1, 0.15) is 0 Å². The number of aromatic nitrogens is 2. The maximum absolute atomic E-state index is 13.6. The zero-order valence-electron chi connectivity index (χ0n) is 22.2. The van der Waals surface area contributed by atoms with Crippen LogP contribution in [0.15, 0.2) is 83.7 Å². The molecule has 1 aliphatic rings. The van der Waals surface area contributed by atoms with Crippen molar-refractivity contribution in [2.24, 2.45) is 0 Å². The highest BCUT2D eigenvalue weighted by molar-refractivity contribution is 6.12. The van der Waals surface area contributed by atoms with Gasteiger partial charge in [-0.3, -0.25) is 14.6 Å². The predicted molar refractivity (Wildman–Crippen MR) is 157 cm³/mol. The van der Waals surface area contributed by atoms with Gasteiger partial charge in [-0.15, -0.1) is 0 Å². The van der Waals surface area contributed by atoms with E-state index in [1.807, 2.05) is 55.5 Å². The van der Waals surface area contributed by atoms with E-state index in [1.165, 1.54) is 5.56 Å². The second-order valence-corrected chi connectivity index (χ2v) is 9.97. The highest BCUT2D eigenvalue weighted by Crippen LogP contribution is 2.38. The van der Waals surface area contributed by atoms with E-state index in [-0.39, 0.29) is 11.3 Å². The number of Topliss-reactive ketones (excluding diaryl/α,β-unsaturated/α-hetero) is 1. The van der Waals surface area contributed by atoms with Gasteiger partial charge in [0.15, 0.2) is 5.78 Å². The number of H-pyrrole nitrogens is 1. The van der Waals surface area contributed by atoms with E-state index < -0.39 is 0 Å². The molecule has 2 aromatic heterocycles. The fourth-order valence-electron chi connectivity index (χ4n) is 5.58. The van der Waals surface area contributed by atoms with Crippen molar-refractivity contribution in [1.82, 2.24) is 9.97 Å². The molecule has 2 aromatic carbocycles. The SMILES string of the molecule is CCc1nc2c(C3=CC=CCC3)c(=O)[nH]c(CCCCc3ccccc3)c2c(-c2ccccc2)c1C(C)=O. The molecule has 4 aromatic rings. The molecule has 192 valence electrons. The van der Waals surface area contributed by atoms with Crippen LogP contribution in [0.4, 0.5) is 0 Å². The van der Waals surface area contributed by atoms with E-state index in [0.717, 1.165) is 65.6 Å². The first kappa shape index (κ1) is 25.6. The average molecular weight is 503 g/mol. The molecule has 0 aliphatic heterocycles. The largest absolute Gasteiger partial charge is 0.325 e. The van der Waals surface area contributed by atoms with Crippen LogP contribution in [0.1, 0.15) is 72.4 Å². The second kappa shape index (κ2) is 11.6. The Balaban J connectivity index is 1.73. The number of carbonyl (C=O) groups is 1. The topological polar surface area (TPSA) is 62.8 Å². The first-order chi connectivity index (χ1) is 18.6. The number of allylic oxidation sites excluding steroid dienone is 4. The number of hydrogen-bond acceptors (Lipinski definition) is 3. The number of benzene rings is 2. The summed E-state index contributed by atoms with van der Waals surface area (Å²) in [5.41, 5.74) is 7.71. The van der Waals surface area contributed by atoms with Crippen molar-refractivity contribution >= 4 is 22.3 Å². The van der Waals surface area contributed by atoms with Crippen LogP contribution in [0.3, 0.4) is 0 Å². The molecule has 0 spiro atoms. The van der Waals surface area contributed by atoms with Gasteiger partial charge in [-0.2, -0.15) is 0 Å². The summed E-state index contributed by atoms with van der Waals surface area (Å²) in [6.45, 7) is 3.64. The average Bonchev–Trinajstić information content (AvgIpc) is 2.95. The Morgan fingerprint density at radius 1 is 0.947 bits per heavy atom. The lowest BCUT2D eigenvalue weighted by molar-refractivity contribution is 0.101. The third kappa shape index (κ3) is 5.17. The second-order valence-electron chi connectivity index (χ2n) is 9.97. The number of fused-ring (bicyclic) bond motifs is 1. The van der Waals surface area contributed by atoms with Gasteiger partial charge in [0.05, 0.1) is 16.8 Å². The lowest BCUT2D eigenvalue weighted by Gasteiger charge is -2.20. The maximum Gasteiger partial charge on any atom is 0.257 e. The minimum atomic E-state index is -0.0961. The number of pyridine rings is 2. The van der Waals surface area contributed by atoms with Crippen LogP contribution >= 0.6 is 0 Å². The van der Waals surface area contributed by atoms with Crippen molar-refractivity contribution in [3.05, 3.63) is 117 Å². The fraction of sp³-hybridized carbons (Fsp3) is 0.265. The highest BCUT2D eigenvalue weighted by atomic mass is 16.1. The number of nitrogens with one attached hydrogen (secondary N) is 1. The standard InChI is InChI=1S/C34H34N2O2/c1-3-27-29(23(2)37)30(25-18-9-5-10-19-25)32-28(22-14-13-17-24-15-7-4-8-16-24)36-34(38)31(33(32)35-27)26-20-11-6-12-21-26/h4-11,15-16,18-20H,3,12-14,17,21-22H2,1-2H3,(H,36,38). The number of aryl methyl sites for hydroxylation is 3. The zero-order chi connectivity index (χ0) is 26.5. The van der Waals surface area contributed by atoms with Gasteiger partial charge in [0, 0.05) is 22.2 Å². The monoisotopic (exact) mass is 502 g/mol. The third-order valence-electron chi connectivity index (χ3n) is 7.37. The lowest BCUT2D eigenvalue weighted by Crippen LogP contribution is -2.19. The maximum atomic E-state index is 13.6. The molecule has 0 radical (unpaired) electrons. The summed E-state index contributed by atoms with van der Waals surface area (Å²) in [4.78, 5) is 35.1. The van der Waals surface area contributed by atoms with Crippen molar-refractivity contribution in [1.29, 1.82) is 0 Å². The van der Waals surface area contributed by atoms with Gasteiger partial charge in [-0.05, 0) is 68.6 Å². The molecule has 0 fully saturated rings. The summed E-state index contributed by atoms with van der Waals surface area (Å²) in [5, 5.41) is 0.906. The minimum absolute atomic E-state index is 0.00213. The minimum Gasteiger partial charge on any atom is -0.325 e. The summed E-state index contributed by atoms with van der Waals surface area (Å²) >= 11 is 0. The summed E-state index contributed by atoms with van der Waals surface area (Å²) in [6, 6.07) is 20.6. The third-order valence-corrected chi connectivity index (χ3v) is 7.37. The Morgan fingerprint density at radius 2 is 1.66 bits per heavy atom. The van der Waals surface area contributed by atoms with Crippen LogP contribution in [0.2, 0.25) is 0 Å². The summed E-state index contributed by atoms with van der Waals surface area (Å²) < 4.78 is 0. The van der Waals surface area contributed by atoms with Gasteiger partial charge in [0.25, 0.3) is 5.56 Å². The fourth-order valence-corrected chi connectivity index (χ4v) is 5.58. The number of nitrogens with zero attached hydrogens (tertiary/aromatic N) is 1. The Kier molecular flexibility index (Phi) is 7.78. The van der Waals surface area contributed by atoms with E-state index in [0.29, 0.717) is 29.5 Å². The van der Waals surface area contributed by atoms with Crippen molar-refractivity contribution < 1.29 is 4.79 Å². The van der Waals surface area contributed by atoms with Crippen LogP contribution in [-0.4, -0.2) is 15.8 Å². The zero-order valence-corrected chi connectivity index (χ0v) is 22.2. The van der Waals surface area contributed by atoms with Gasteiger partial charge >= 0.3 is 0 Å². The first-order valence-electron chi connectivity index (χ1n) is 13.7. The molecular formula is C34H34N2O2. The molecule has 1 aliphatic carbocycles. The summed E-state index contributed by atoms with van der Waals surface area (Å²) in [7, 11) is 0. The molecule has 4 heteroatoms. The van der Waals surface area contributed by atoms with Crippen LogP contribution < -0.4 is 5.56 Å². The molecule has 38 heavy (non-hydrogen) atoms. The van der Waals surface area contributed by atoms with Crippen LogP contribution in [0.25, 0.3) is 27.6 Å². The quantitative estimate of drug-likeness (QED) is 0.189. The van der Waals surface area contributed by atoms with E-state index in [4.69, 9.17) is 4.98 Å². The number of ketones is 1. The summed E-state index contributed by atoms with van der Waals surface area (Å²) in [6.07, 6.45) is 12.1. The van der Waals surface area contributed by atoms with Gasteiger partial charge in [-0.25, -0.2) is 0 Å². The van der Waals surface area contributed by atoms with Crippen molar-refractivity contribution in [3.8, 4) is 11.1 Å². The number of hydrogen-bond donors (Lipinski definition) is 1. The molecule has 0 atom stereocenters. The number of carbonyl (C=O) groups excluding carboxylic acids is 1. The van der Waals surface area contributed by atoms with Crippen LogP contribution in [0.5, 0.6) is 0 Å². The predicted octanol–water partition coefficient (Wildman–Crippen LogP) is 7.65. The molecule has 0 saturated heterocycles. The van der Waals surface area contributed by atoms with Gasteiger partial charge in [0.2, 0.25) is 0 Å². The molecule has 2 heterocycles. The highest BCUT2D eigenvalue weighted by Gasteiger charge is 2.25. The Hall–Kier alpha value is -4.05. The Bertz CT molecular complexity index is 1580. The number of aromatic amines is 1. The smallest absolute Gasteiger partial charge is 0.257 e. The molecule has 0 saturated carbocycles. The molecule has 1 N–H and O–H groups in total. The molecule has 0 bridgehead atoms. The lowest BCUT2D eigenvalue weighted by atomic mass is 9.87. The van der Waals surface area contributed by atoms with E-state index in [1.54, 1.807) is 6.92 Å². The molecular weight excluding hydrogens is 468 g/mol. The normalized spacial score (nSPS) is 13.1. The van der Waals surface area contributed by atoms with Crippen molar-refractivity contribution in [3.63, 3.8) is 0 Å². The molecule has 0 unspecified atom stereocenters. The van der Waals surface area contributed by atoms with E-state index in [9.17, 15) is 9.59 Å².